The summed E-state index contributed by atoms with van der Waals surface area (Å²) in [6.07, 6.45) is 0.375. The smallest absolute Gasteiger partial charge is 0.150 e. The standard InChI is InChI=1S/C16H26O3S/c1-5-20(18,19)12-8-11-15(17)13-9-6-7-10-14(13)16(2,3)4/h6-7,9-10,15,17H,5,8,11-12H2,1-4H3. The lowest BCUT2D eigenvalue weighted by molar-refractivity contribution is 0.164. The Morgan fingerprint density at radius 3 is 2.35 bits per heavy atom. The summed E-state index contributed by atoms with van der Waals surface area (Å²) in [6.45, 7) is 7.99. The van der Waals surface area contributed by atoms with E-state index < -0.39 is 15.9 Å². The summed E-state index contributed by atoms with van der Waals surface area (Å²) in [4.78, 5) is 0. The second-order valence-electron chi connectivity index (χ2n) is 6.23. The summed E-state index contributed by atoms with van der Waals surface area (Å²) in [5.41, 5.74) is 1.99. The Bertz CT molecular complexity index is 527. The highest BCUT2D eigenvalue weighted by atomic mass is 32.2. The Labute approximate surface area is 123 Å². The van der Waals surface area contributed by atoms with Crippen molar-refractivity contribution < 1.29 is 13.5 Å². The number of sulfone groups is 1. The van der Waals surface area contributed by atoms with Gasteiger partial charge in [-0.3, -0.25) is 0 Å². The van der Waals surface area contributed by atoms with E-state index in [0.29, 0.717) is 12.8 Å². The monoisotopic (exact) mass is 298 g/mol. The van der Waals surface area contributed by atoms with Crippen LogP contribution in [0.1, 0.15) is 57.8 Å². The average molecular weight is 298 g/mol. The minimum Gasteiger partial charge on any atom is -0.388 e. The van der Waals surface area contributed by atoms with Crippen LogP contribution in [-0.4, -0.2) is 25.0 Å². The van der Waals surface area contributed by atoms with Crippen LogP contribution >= 0.6 is 0 Å². The number of rotatable bonds is 6. The van der Waals surface area contributed by atoms with Gasteiger partial charge in [-0.15, -0.1) is 0 Å². The van der Waals surface area contributed by atoms with E-state index in [2.05, 4.69) is 20.8 Å². The summed E-state index contributed by atoms with van der Waals surface area (Å²) < 4.78 is 22.9. The van der Waals surface area contributed by atoms with Crippen LogP contribution in [0.2, 0.25) is 0 Å². The van der Waals surface area contributed by atoms with Crippen molar-refractivity contribution in [3.63, 3.8) is 0 Å². The van der Waals surface area contributed by atoms with Crippen LogP contribution in [0.15, 0.2) is 24.3 Å². The van der Waals surface area contributed by atoms with Crippen LogP contribution in [-0.2, 0) is 15.3 Å². The number of aliphatic hydroxyl groups excluding tert-OH is 1. The molecule has 0 heterocycles. The van der Waals surface area contributed by atoms with Crippen LogP contribution in [0.25, 0.3) is 0 Å². The first kappa shape index (κ1) is 17.2. The minimum absolute atomic E-state index is 0.0347. The van der Waals surface area contributed by atoms with Crippen molar-refractivity contribution in [2.45, 2.75) is 52.1 Å². The quantitative estimate of drug-likeness (QED) is 0.877. The van der Waals surface area contributed by atoms with Crippen molar-refractivity contribution in [1.82, 2.24) is 0 Å². The Hall–Kier alpha value is -0.870. The molecule has 0 saturated carbocycles. The van der Waals surface area contributed by atoms with Gasteiger partial charge in [0.25, 0.3) is 0 Å². The molecular formula is C16H26O3S. The maximum atomic E-state index is 11.5. The molecule has 1 aromatic rings. The molecule has 0 saturated heterocycles. The van der Waals surface area contributed by atoms with Gasteiger partial charge in [0, 0.05) is 5.75 Å². The third-order valence-electron chi connectivity index (χ3n) is 3.50. The van der Waals surface area contributed by atoms with Gasteiger partial charge in [0.2, 0.25) is 0 Å². The first-order chi connectivity index (χ1) is 9.17. The molecule has 114 valence electrons. The highest BCUT2D eigenvalue weighted by Gasteiger charge is 2.21. The minimum atomic E-state index is -2.95. The molecule has 0 aliphatic rings. The summed E-state index contributed by atoms with van der Waals surface area (Å²) >= 11 is 0. The average Bonchev–Trinajstić information content (AvgIpc) is 2.37. The van der Waals surface area contributed by atoms with Gasteiger partial charge in [0.05, 0.1) is 11.9 Å². The first-order valence-electron chi connectivity index (χ1n) is 7.15. The van der Waals surface area contributed by atoms with E-state index in [1.807, 2.05) is 24.3 Å². The second-order valence-corrected chi connectivity index (χ2v) is 8.70. The zero-order valence-corrected chi connectivity index (χ0v) is 13.7. The SMILES string of the molecule is CCS(=O)(=O)CCCC(O)c1ccccc1C(C)(C)C. The number of aliphatic hydroxyl groups is 1. The topological polar surface area (TPSA) is 54.4 Å². The van der Waals surface area contributed by atoms with Gasteiger partial charge >= 0.3 is 0 Å². The maximum absolute atomic E-state index is 11.5. The van der Waals surface area contributed by atoms with E-state index in [1.165, 1.54) is 0 Å². The van der Waals surface area contributed by atoms with Gasteiger partial charge in [-0.25, -0.2) is 8.42 Å². The molecular weight excluding hydrogens is 272 g/mol. The van der Waals surface area contributed by atoms with E-state index in [1.54, 1.807) is 6.92 Å². The molecule has 1 aromatic carbocycles. The molecule has 1 N–H and O–H groups in total. The second kappa shape index (κ2) is 6.72. The Kier molecular flexibility index (Phi) is 5.78. The lowest BCUT2D eigenvalue weighted by atomic mass is 9.82. The number of benzene rings is 1. The molecule has 1 atom stereocenters. The fourth-order valence-corrected chi connectivity index (χ4v) is 3.16. The first-order valence-corrected chi connectivity index (χ1v) is 8.97. The number of hydrogen-bond donors (Lipinski definition) is 1. The van der Waals surface area contributed by atoms with Crippen LogP contribution in [0.3, 0.4) is 0 Å². The lowest BCUT2D eigenvalue weighted by Gasteiger charge is -2.25. The van der Waals surface area contributed by atoms with Crippen LogP contribution in [0, 0.1) is 0 Å². The zero-order valence-electron chi connectivity index (χ0n) is 12.9. The largest absolute Gasteiger partial charge is 0.388 e. The van der Waals surface area contributed by atoms with E-state index in [0.717, 1.165) is 11.1 Å². The molecule has 1 unspecified atom stereocenters. The summed E-state index contributed by atoms with van der Waals surface area (Å²) in [5.74, 6) is 0.319. The van der Waals surface area contributed by atoms with Gasteiger partial charge in [0.1, 0.15) is 9.84 Å². The van der Waals surface area contributed by atoms with Gasteiger partial charge < -0.3 is 5.11 Å². The van der Waals surface area contributed by atoms with Gasteiger partial charge in [0.15, 0.2) is 0 Å². The van der Waals surface area contributed by atoms with Crippen LogP contribution in [0.4, 0.5) is 0 Å². The van der Waals surface area contributed by atoms with Crippen molar-refractivity contribution in [3.8, 4) is 0 Å². The summed E-state index contributed by atoms with van der Waals surface area (Å²) in [7, 11) is -2.95. The third kappa shape index (κ3) is 4.91. The highest BCUT2D eigenvalue weighted by molar-refractivity contribution is 7.91. The third-order valence-corrected chi connectivity index (χ3v) is 5.29. The molecule has 0 fully saturated rings. The summed E-state index contributed by atoms with van der Waals surface area (Å²) in [5, 5.41) is 10.3. The summed E-state index contributed by atoms with van der Waals surface area (Å²) in [6, 6.07) is 7.84. The predicted octanol–water partition coefficient (Wildman–Crippen LogP) is 3.23. The van der Waals surface area contributed by atoms with Gasteiger partial charge in [-0.05, 0) is 29.4 Å². The van der Waals surface area contributed by atoms with E-state index in [-0.39, 0.29) is 16.9 Å². The fourth-order valence-electron chi connectivity index (χ4n) is 2.27. The van der Waals surface area contributed by atoms with Crippen molar-refractivity contribution in [3.05, 3.63) is 35.4 Å². The maximum Gasteiger partial charge on any atom is 0.150 e. The molecule has 0 radical (unpaired) electrons. The predicted molar refractivity (Wildman–Crippen MR) is 83.7 cm³/mol. The molecule has 0 aliphatic heterocycles. The zero-order chi connectivity index (χ0) is 15.4. The highest BCUT2D eigenvalue weighted by Crippen LogP contribution is 2.31. The Balaban J connectivity index is 2.76. The molecule has 0 aromatic heterocycles. The van der Waals surface area contributed by atoms with Crippen molar-refractivity contribution in [2.24, 2.45) is 0 Å². The van der Waals surface area contributed by atoms with Crippen molar-refractivity contribution in [2.75, 3.05) is 11.5 Å². The van der Waals surface area contributed by atoms with Gasteiger partial charge in [-0.1, -0.05) is 52.0 Å². The normalized spacial score (nSPS) is 14.2. The van der Waals surface area contributed by atoms with Gasteiger partial charge in [-0.2, -0.15) is 0 Å². The van der Waals surface area contributed by atoms with Crippen LogP contribution < -0.4 is 0 Å². The van der Waals surface area contributed by atoms with E-state index in [4.69, 9.17) is 0 Å². The van der Waals surface area contributed by atoms with E-state index in [9.17, 15) is 13.5 Å². The molecule has 3 nitrogen and oxygen atoms in total. The molecule has 0 aliphatic carbocycles. The Morgan fingerprint density at radius 2 is 1.80 bits per heavy atom. The molecule has 0 amide bonds. The number of hydrogen-bond acceptors (Lipinski definition) is 3. The Morgan fingerprint density at radius 1 is 1.20 bits per heavy atom. The van der Waals surface area contributed by atoms with E-state index >= 15 is 0 Å². The van der Waals surface area contributed by atoms with Crippen molar-refractivity contribution in [1.29, 1.82) is 0 Å². The fraction of sp³-hybridized carbons (Fsp3) is 0.625. The van der Waals surface area contributed by atoms with Crippen LogP contribution in [0.5, 0.6) is 0 Å². The molecule has 20 heavy (non-hydrogen) atoms. The lowest BCUT2D eigenvalue weighted by Crippen LogP contribution is -2.16. The molecule has 1 rings (SSSR count). The molecule has 0 bridgehead atoms. The molecule has 4 heteroatoms. The molecule has 0 spiro atoms. The van der Waals surface area contributed by atoms with Crippen molar-refractivity contribution >= 4 is 9.84 Å².